The molecule has 1 aromatic rings. The van der Waals surface area contributed by atoms with Crippen molar-refractivity contribution in [2.24, 2.45) is 7.05 Å². The van der Waals surface area contributed by atoms with Gasteiger partial charge >= 0.3 is 0 Å². The predicted octanol–water partition coefficient (Wildman–Crippen LogP) is 0.417. The van der Waals surface area contributed by atoms with E-state index in [1.807, 2.05) is 0 Å². The zero-order valence-electron chi connectivity index (χ0n) is 9.97. The minimum absolute atomic E-state index is 0.0367. The van der Waals surface area contributed by atoms with E-state index in [0.717, 1.165) is 0 Å². The fourth-order valence-corrected chi connectivity index (χ4v) is 2.93. The Bertz CT molecular complexity index is 452. The Kier molecular flexibility index (Phi) is 5.11. The topological polar surface area (TPSA) is 73.2 Å². The molecule has 0 bridgehead atoms. The fraction of sp³-hybridized carbons (Fsp3) is 0.667. The quantitative estimate of drug-likeness (QED) is 0.769. The molecule has 0 aliphatic carbocycles. The van der Waals surface area contributed by atoms with Gasteiger partial charge in [0.15, 0.2) is 5.03 Å². The maximum absolute atomic E-state index is 11.9. The third-order valence-corrected chi connectivity index (χ3v) is 4.09. The van der Waals surface area contributed by atoms with Gasteiger partial charge in [-0.1, -0.05) is 15.9 Å². The van der Waals surface area contributed by atoms with Crippen LogP contribution in [0.1, 0.15) is 5.82 Å². The molecule has 1 unspecified atom stereocenters. The highest BCUT2D eigenvalue weighted by Gasteiger charge is 2.19. The number of rotatable bonds is 6. The van der Waals surface area contributed by atoms with Crippen LogP contribution in [0.15, 0.2) is 11.2 Å². The van der Waals surface area contributed by atoms with Gasteiger partial charge in [-0.05, 0) is 6.92 Å². The first-order valence-electron chi connectivity index (χ1n) is 4.99. The van der Waals surface area contributed by atoms with Crippen LogP contribution in [0.2, 0.25) is 0 Å². The lowest BCUT2D eigenvalue weighted by molar-refractivity contribution is 0.201. The van der Waals surface area contributed by atoms with Gasteiger partial charge in [0, 0.05) is 26.9 Å². The molecule has 0 spiro atoms. The molecular weight excluding hydrogens is 310 g/mol. The second-order valence-electron chi connectivity index (χ2n) is 3.64. The van der Waals surface area contributed by atoms with Crippen molar-refractivity contribution in [3.8, 4) is 0 Å². The van der Waals surface area contributed by atoms with Crippen molar-refractivity contribution >= 4 is 26.0 Å². The summed E-state index contributed by atoms with van der Waals surface area (Å²) < 4.78 is 32.7. The smallest absolute Gasteiger partial charge is 0.259 e. The van der Waals surface area contributed by atoms with Crippen LogP contribution in [-0.4, -0.2) is 43.1 Å². The van der Waals surface area contributed by atoms with Crippen LogP contribution in [0.4, 0.5) is 0 Å². The van der Waals surface area contributed by atoms with Crippen LogP contribution in [0.25, 0.3) is 0 Å². The summed E-state index contributed by atoms with van der Waals surface area (Å²) >= 11 is 3.31. The van der Waals surface area contributed by atoms with Gasteiger partial charge < -0.3 is 9.30 Å². The molecular formula is C9H16BrN3O3S. The van der Waals surface area contributed by atoms with Crippen molar-refractivity contribution in [2.75, 3.05) is 20.3 Å². The van der Waals surface area contributed by atoms with Crippen molar-refractivity contribution < 1.29 is 13.2 Å². The zero-order valence-corrected chi connectivity index (χ0v) is 12.4. The second-order valence-corrected chi connectivity index (χ2v) is 6.65. The van der Waals surface area contributed by atoms with Crippen molar-refractivity contribution in [1.29, 1.82) is 0 Å². The first-order chi connectivity index (χ1) is 7.86. The van der Waals surface area contributed by atoms with Crippen molar-refractivity contribution in [3.63, 3.8) is 0 Å². The summed E-state index contributed by atoms with van der Waals surface area (Å²) in [6.45, 7) is 2.44. The summed E-state index contributed by atoms with van der Waals surface area (Å²) in [5.41, 5.74) is 0. The van der Waals surface area contributed by atoms with Crippen molar-refractivity contribution in [3.05, 3.63) is 12.0 Å². The molecule has 1 aromatic heterocycles. The van der Waals surface area contributed by atoms with Crippen molar-refractivity contribution in [2.45, 2.75) is 16.8 Å². The van der Waals surface area contributed by atoms with E-state index in [2.05, 4.69) is 25.6 Å². The third-order valence-electron chi connectivity index (χ3n) is 2.20. The predicted molar refractivity (Wildman–Crippen MR) is 67.7 cm³/mol. The normalized spacial score (nSPS) is 13.9. The molecule has 1 rings (SSSR count). The largest absolute Gasteiger partial charge is 0.383 e. The molecule has 0 saturated heterocycles. The van der Waals surface area contributed by atoms with Crippen LogP contribution in [0.3, 0.4) is 0 Å². The highest BCUT2D eigenvalue weighted by atomic mass is 79.9. The molecule has 0 amide bonds. The first-order valence-corrected chi connectivity index (χ1v) is 7.39. The van der Waals surface area contributed by atoms with Crippen LogP contribution in [0.5, 0.6) is 0 Å². The average Bonchev–Trinajstić information content (AvgIpc) is 2.58. The highest BCUT2D eigenvalue weighted by molar-refractivity contribution is 9.09. The minimum atomic E-state index is -3.54. The Labute approximate surface area is 110 Å². The van der Waals surface area contributed by atoms with E-state index < -0.39 is 10.0 Å². The fourth-order valence-electron chi connectivity index (χ4n) is 1.17. The molecule has 1 atom stereocenters. The standard InChI is InChI=1S/C9H16BrN3O3S/c1-7-12-9(5-13(7)2)17(14,15)11-4-8(10)6-16-3/h5,8,11H,4,6H2,1-3H3. The van der Waals surface area contributed by atoms with Crippen LogP contribution < -0.4 is 4.72 Å². The number of aryl methyl sites for hydroxylation is 2. The van der Waals surface area contributed by atoms with E-state index in [1.165, 1.54) is 6.20 Å². The zero-order chi connectivity index (χ0) is 13.1. The van der Waals surface area contributed by atoms with Crippen LogP contribution in [0, 0.1) is 6.92 Å². The number of sulfonamides is 1. The summed E-state index contributed by atoms with van der Waals surface area (Å²) in [6, 6.07) is 0. The third kappa shape index (κ3) is 4.06. The van der Waals surface area contributed by atoms with E-state index in [9.17, 15) is 8.42 Å². The number of halogens is 1. The lowest BCUT2D eigenvalue weighted by Gasteiger charge is -2.09. The van der Waals surface area contributed by atoms with Gasteiger partial charge in [-0.15, -0.1) is 0 Å². The number of nitrogens with zero attached hydrogens (tertiary/aromatic N) is 2. The number of imidazole rings is 1. The van der Waals surface area contributed by atoms with Crippen molar-refractivity contribution in [1.82, 2.24) is 14.3 Å². The Morgan fingerprint density at radius 3 is 2.76 bits per heavy atom. The SMILES string of the molecule is COCC(Br)CNS(=O)(=O)c1cn(C)c(C)n1. The average molecular weight is 326 g/mol. The molecule has 8 heteroatoms. The van der Waals surface area contributed by atoms with E-state index in [4.69, 9.17) is 4.74 Å². The summed E-state index contributed by atoms with van der Waals surface area (Å²) in [4.78, 5) is 3.91. The molecule has 0 aromatic carbocycles. The summed E-state index contributed by atoms with van der Waals surface area (Å²) in [7, 11) is -0.233. The van der Waals surface area contributed by atoms with Gasteiger partial charge in [0.2, 0.25) is 0 Å². The molecule has 98 valence electrons. The number of hydrogen-bond donors (Lipinski definition) is 1. The van der Waals surface area contributed by atoms with Gasteiger partial charge in [-0.2, -0.15) is 0 Å². The number of aromatic nitrogens is 2. The van der Waals surface area contributed by atoms with Gasteiger partial charge in [0.1, 0.15) is 5.82 Å². The molecule has 17 heavy (non-hydrogen) atoms. The molecule has 0 aliphatic heterocycles. The second kappa shape index (κ2) is 5.94. The molecule has 1 heterocycles. The van der Waals surface area contributed by atoms with E-state index >= 15 is 0 Å². The monoisotopic (exact) mass is 325 g/mol. The Morgan fingerprint density at radius 2 is 2.29 bits per heavy atom. The maximum atomic E-state index is 11.9. The molecule has 0 saturated carbocycles. The van der Waals surface area contributed by atoms with Gasteiger partial charge in [-0.3, -0.25) is 0 Å². The maximum Gasteiger partial charge on any atom is 0.259 e. The summed E-state index contributed by atoms with van der Waals surface area (Å²) in [5.74, 6) is 0.651. The lowest BCUT2D eigenvalue weighted by atomic mass is 10.5. The van der Waals surface area contributed by atoms with E-state index in [0.29, 0.717) is 12.4 Å². The number of hydrogen-bond acceptors (Lipinski definition) is 4. The molecule has 0 radical (unpaired) electrons. The number of alkyl halides is 1. The van der Waals surface area contributed by atoms with Crippen LogP contribution >= 0.6 is 15.9 Å². The van der Waals surface area contributed by atoms with Gasteiger partial charge in [0.25, 0.3) is 10.0 Å². The number of nitrogens with one attached hydrogen (secondary N) is 1. The van der Waals surface area contributed by atoms with E-state index in [-0.39, 0.29) is 16.4 Å². The highest BCUT2D eigenvalue weighted by Crippen LogP contribution is 2.08. The van der Waals surface area contributed by atoms with Crippen LogP contribution in [-0.2, 0) is 21.8 Å². The minimum Gasteiger partial charge on any atom is -0.383 e. The molecule has 1 N–H and O–H groups in total. The number of ether oxygens (including phenoxy) is 1. The Morgan fingerprint density at radius 1 is 1.65 bits per heavy atom. The summed E-state index contributed by atoms with van der Waals surface area (Å²) in [6.07, 6.45) is 1.48. The lowest BCUT2D eigenvalue weighted by Crippen LogP contribution is -2.31. The van der Waals surface area contributed by atoms with Gasteiger partial charge in [-0.25, -0.2) is 18.1 Å². The Balaban J connectivity index is 2.69. The first kappa shape index (κ1) is 14.6. The molecule has 0 fully saturated rings. The molecule has 6 nitrogen and oxygen atoms in total. The van der Waals surface area contributed by atoms with Gasteiger partial charge in [0.05, 0.1) is 11.4 Å². The molecule has 0 aliphatic rings. The Hall–Kier alpha value is -0.440. The summed E-state index contributed by atoms with van der Waals surface area (Å²) in [5, 5.41) is 0.0367. The van der Waals surface area contributed by atoms with E-state index in [1.54, 1.807) is 25.6 Å². The number of methoxy groups -OCH3 is 1.